The number of hydrogen-bond acceptors (Lipinski definition) is 4. The second-order valence-corrected chi connectivity index (χ2v) is 5.66. The van der Waals surface area contributed by atoms with E-state index < -0.39 is 0 Å². The monoisotopic (exact) mass is 220 g/mol. The van der Waals surface area contributed by atoms with Crippen LogP contribution in [-0.2, 0) is 9.47 Å². The molecule has 0 aromatic carbocycles. The molecule has 0 aliphatic rings. The summed E-state index contributed by atoms with van der Waals surface area (Å²) in [6.45, 7) is 2.72. The molecule has 0 amide bonds. The predicted molar refractivity (Wildman–Crippen MR) is 62.0 cm³/mol. The van der Waals surface area contributed by atoms with Gasteiger partial charge in [0.05, 0.1) is 9.52 Å². The van der Waals surface area contributed by atoms with Crippen molar-refractivity contribution >= 4 is 9.52 Å². The molecule has 0 aliphatic heterocycles. The molecular formula is C9H24N2O2Si. The van der Waals surface area contributed by atoms with E-state index in [1.54, 1.807) is 14.2 Å². The molecule has 86 valence electrons. The van der Waals surface area contributed by atoms with Crippen molar-refractivity contribution in [2.24, 2.45) is 17.4 Å². The number of hydrogen-bond donors (Lipinski definition) is 2. The van der Waals surface area contributed by atoms with Gasteiger partial charge in [-0.3, -0.25) is 0 Å². The van der Waals surface area contributed by atoms with Gasteiger partial charge in [0.15, 0.2) is 0 Å². The molecule has 0 spiro atoms. The van der Waals surface area contributed by atoms with Crippen LogP contribution in [-0.4, -0.2) is 42.2 Å². The van der Waals surface area contributed by atoms with E-state index in [4.69, 9.17) is 20.9 Å². The van der Waals surface area contributed by atoms with E-state index in [0.717, 1.165) is 6.42 Å². The molecule has 14 heavy (non-hydrogen) atoms. The van der Waals surface area contributed by atoms with Gasteiger partial charge in [-0.15, -0.1) is 0 Å². The van der Waals surface area contributed by atoms with Crippen LogP contribution >= 0.6 is 0 Å². The van der Waals surface area contributed by atoms with Gasteiger partial charge >= 0.3 is 0 Å². The molecule has 0 aliphatic carbocycles. The molecule has 0 aromatic rings. The predicted octanol–water partition coefficient (Wildman–Crippen LogP) is -0.538. The lowest BCUT2D eigenvalue weighted by Crippen LogP contribution is -2.36. The summed E-state index contributed by atoms with van der Waals surface area (Å²) >= 11 is 0. The number of nitrogens with two attached hydrogens (primary N) is 2. The highest BCUT2D eigenvalue weighted by Gasteiger charge is 2.12. The van der Waals surface area contributed by atoms with Crippen molar-refractivity contribution in [3.05, 3.63) is 0 Å². The van der Waals surface area contributed by atoms with Gasteiger partial charge in [-0.2, -0.15) is 0 Å². The Morgan fingerprint density at radius 1 is 1.29 bits per heavy atom. The normalized spacial score (nSPS) is 16.7. The molecule has 0 aromatic heterocycles. The third-order valence-corrected chi connectivity index (χ3v) is 4.58. The summed E-state index contributed by atoms with van der Waals surface area (Å²) < 4.78 is 10.3. The van der Waals surface area contributed by atoms with E-state index >= 15 is 0 Å². The molecule has 0 heterocycles. The van der Waals surface area contributed by atoms with E-state index in [1.807, 2.05) is 0 Å². The summed E-state index contributed by atoms with van der Waals surface area (Å²) in [4.78, 5) is 0. The van der Waals surface area contributed by atoms with Crippen LogP contribution < -0.4 is 11.5 Å². The molecule has 4 nitrogen and oxygen atoms in total. The van der Waals surface area contributed by atoms with Crippen molar-refractivity contribution < 1.29 is 9.47 Å². The molecule has 0 fully saturated rings. The highest BCUT2D eigenvalue weighted by Crippen LogP contribution is 2.09. The Balaban J connectivity index is 3.52. The first-order valence-electron chi connectivity index (χ1n) is 5.16. The standard InChI is InChI=1S/C9H24N2O2Si/c1-7(8(11)6-10)4-5-14-9(12-2)13-3/h7-9H,4-6,10-11,14H2,1-3H3. The van der Waals surface area contributed by atoms with Crippen LogP contribution in [0.15, 0.2) is 0 Å². The van der Waals surface area contributed by atoms with Crippen LogP contribution in [0.4, 0.5) is 0 Å². The van der Waals surface area contributed by atoms with Gasteiger partial charge in [-0.05, 0) is 5.92 Å². The first-order chi connectivity index (χ1) is 6.65. The Labute approximate surface area is 89.1 Å². The zero-order valence-electron chi connectivity index (χ0n) is 9.53. The molecule has 4 N–H and O–H groups in total. The number of ether oxygens (including phenoxy) is 2. The van der Waals surface area contributed by atoms with Gasteiger partial charge in [0.1, 0.15) is 5.91 Å². The highest BCUT2D eigenvalue weighted by molar-refractivity contribution is 6.36. The Hall–Kier alpha value is 0.0569. The average Bonchev–Trinajstić information content (AvgIpc) is 2.22. The van der Waals surface area contributed by atoms with E-state index in [-0.39, 0.29) is 21.5 Å². The first-order valence-corrected chi connectivity index (χ1v) is 6.98. The Morgan fingerprint density at radius 3 is 2.29 bits per heavy atom. The SMILES string of the molecule is COC(OC)[SiH2]CCC(C)C(N)CN. The lowest BCUT2D eigenvalue weighted by atomic mass is 10.0. The third-order valence-electron chi connectivity index (χ3n) is 2.63. The molecule has 0 saturated heterocycles. The first kappa shape index (κ1) is 14.1. The summed E-state index contributed by atoms with van der Waals surface area (Å²) in [6.07, 6.45) is 1.13. The molecular weight excluding hydrogens is 196 g/mol. The minimum atomic E-state index is -0.298. The summed E-state index contributed by atoms with van der Waals surface area (Å²) in [5, 5.41) is 0. The van der Waals surface area contributed by atoms with Gasteiger partial charge in [0.25, 0.3) is 0 Å². The smallest absolute Gasteiger partial charge is 0.134 e. The largest absolute Gasteiger partial charge is 0.360 e. The minimum absolute atomic E-state index is 0.0521. The number of rotatable bonds is 8. The zero-order valence-corrected chi connectivity index (χ0v) is 10.9. The topological polar surface area (TPSA) is 70.5 Å². The molecule has 5 heteroatoms. The van der Waals surface area contributed by atoms with E-state index in [2.05, 4.69) is 6.92 Å². The summed E-state index contributed by atoms with van der Waals surface area (Å²) in [6, 6.07) is 1.33. The Morgan fingerprint density at radius 2 is 1.86 bits per heavy atom. The quantitative estimate of drug-likeness (QED) is 0.426. The Bertz CT molecular complexity index is 134. The van der Waals surface area contributed by atoms with Gasteiger partial charge in [-0.1, -0.05) is 19.4 Å². The highest BCUT2D eigenvalue weighted by atomic mass is 28.2. The maximum absolute atomic E-state index is 5.83. The maximum atomic E-state index is 5.83. The van der Waals surface area contributed by atoms with Crippen molar-refractivity contribution in [3.8, 4) is 0 Å². The van der Waals surface area contributed by atoms with Crippen LogP contribution in [0.25, 0.3) is 0 Å². The lowest BCUT2D eigenvalue weighted by molar-refractivity contribution is -0.0441. The number of methoxy groups -OCH3 is 2. The fraction of sp³-hybridized carbons (Fsp3) is 1.00. The molecule has 2 atom stereocenters. The van der Waals surface area contributed by atoms with Crippen LogP contribution in [0, 0.1) is 5.92 Å². The van der Waals surface area contributed by atoms with Crippen molar-refractivity contribution in [2.75, 3.05) is 20.8 Å². The van der Waals surface area contributed by atoms with Crippen LogP contribution in [0.3, 0.4) is 0 Å². The maximum Gasteiger partial charge on any atom is 0.134 e. The summed E-state index contributed by atoms with van der Waals surface area (Å²) in [5.74, 6) is 0.554. The van der Waals surface area contributed by atoms with Crippen molar-refractivity contribution in [1.82, 2.24) is 0 Å². The Kier molecular flexibility index (Phi) is 8.41. The van der Waals surface area contributed by atoms with Crippen molar-refractivity contribution in [3.63, 3.8) is 0 Å². The van der Waals surface area contributed by atoms with Gasteiger partial charge in [0.2, 0.25) is 0 Å². The van der Waals surface area contributed by atoms with E-state index in [9.17, 15) is 0 Å². The molecule has 0 bridgehead atoms. The van der Waals surface area contributed by atoms with Crippen molar-refractivity contribution in [2.45, 2.75) is 31.3 Å². The van der Waals surface area contributed by atoms with Gasteiger partial charge in [-0.25, -0.2) is 0 Å². The van der Waals surface area contributed by atoms with Crippen molar-refractivity contribution in [1.29, 1.82) is 0 Å². The third kappa shape index (κ3) is 5.72. The van der Waals surface area contributed by atoms with E-state index in [1.165, 1.54) is 6.04 Å². The second-order valence-electron chi connectivity index (χ2n) is 3.71. The lowest BCUT2D eigenvalue weighted by Gasteiger charge is -2.19. The van der Waals surface area contributed by atoms with Crippen LogP contribution in [0.2, 0.25) is 6.04 Å². The zero-order chi connectivity index (χ0) is 11.0. The summed E-state index contributed by atoms with van der Waals surface area (Å²) in [5.41, 5.74) is 11.3. The molecule has 0 radical (unpaired) electrons. The summed E-state index contributed by atoms with van der Waals surface area (Å²) in [7, 11) is 3.08. The van der Waals surface area contributed by atoms with Gasteiger partial charge < -0.3 is 20.9 Å². The van der Waals surface area contributed by atoms with Crippen LogP contribution in [0.1, 0.15) is 13.3 Å². The average molecular weight is 220 g/mol. The molecule has 2 unspecified atom stereocenters. The molecule has 0 saturated carbocycles. The van der Waals surface area contributed by atoms with E-state index in [0.29, 0.717) is 12.5 Å². The van der Waals surface area contributed by atoms with Crippen LogP contribution in [0.5, 0.6) is 0 Å². The second kappa shape index (κ2) is 8.37. The molecule has 0 rings (SSSR count). The van der Waals surface area contributed by atoms with Gasteiger partial charge in [0, 0.05) is 26.8 Å². The minimum Gasteiger partial charge on any atom is -0.360 e. The fourth-order valence-corrected chi connectivity index (χ4v) is 3.07. The fourth-order valence-electron chi connectivity index (χ4n) is 1.38.